The first kappa shape index (κ1) is 27.3. The minimum absolute atomic E-state index is 0.409. The van der Waals surface area contributed by atoms with Crippen molar-refractivity contribution in [3.63, 3.8) is 0 Å². The maximum absolute atomic E-state index is 14.4. The van der Waals surface area contributed by atoms with Crippen molar-refractivity contribution in [3.05, 3.63) is 53.4 Å². The number of ether oxygens (including phenoxy) is 1. The minimum Gasteiger partial charge on any atom is -0.494 e. The Labute approximate surface area is 201 Å². The van der Waals surface area contributed by atoms with Crippen molar-refractivity contribution in [3.8, 4) is 5.75 Å². The molecule has 0 saturated heterocycles. The largest absolute Gasteiger partial charge is 0.494 e. The highest BCUT2D eigenvalue weighted by Gasteiger charge is 2.09. The van der Waals surface area contributed by atoms with Crippen molar-refractivity contribution in [2.75, 3.05) is 6.61 Å². The predicted octanol–water partition coefficient (Wildman–Crippen LogP) is 8.63. The van der Waals surface area contributed by atoms with Crippen LogP contribution in [0.2, 0.25) is 0 Å². The van der Waals surface area contributed by atoms with E-state index in [1.807, 2.05) is 24.3 Å². The van der Waals surface area contributed by atoms with Crippen LogP contribution in [-0.2, 0) is 12.8 Å². The van der Waals surface area contributed by atoms with E-state index in [1.165, 1.54) is 70.6 Å². The lowest BCUT2D eigenvalue weighted by atomic mass is 10.1. The summed E-state index contributed by atoms with van der Waals surface area (Å²) in [5, 5.41) is 0. The molecule has 0 amide bonds. The molecule has 0 unspecified atom stereocenters. The van der Waals surface area contributed by atoms with E-state index in [9.17, 15) is 4.39 Å². The van der Waals surface area contributed by atoms with Gasteiger partial charge in [0.15, 0.2) is 0 Å². The lowest BCUT2D eigenvalue weighted by molar-refractivity contribution is 0.304. The number of hydrogen-bond acceptors (Lipinski definition) is 3. The van der Waals surface area contributed by atoms with Gasteiger partial charge in [-0.15, -0.1) is 0 Å². The quantitative estimate of drug-likeness (QED) is 0.198. The molecule has 3 nitrogen and oxygen atoms in total. The maximum atomic E-state index is 14.4. The Kier molecular flexibility index (Phi) is 14.5. The zero-order chi connectivity index (χ0) is 23.6. The van der Waals surface area contributed by atoms with E-state index in [4.69, 9.17) is 4.74 Å². The van der Waals surface area contributed by atoms with Crippen molar-refractivity contribution in [2.24, 2.45) is 0 Å². The van der Waals surface area contributed by atoms with Crippen LogP contribution in [0.25, 0.3) is 0 Å². The van der Waals surface area contributed by atoms with E-state index < -0.39 is 5.95 Å². The van der Waals surface area contributed by atoms with Crippen molar-refractivity contribution < 1.29 is 9.13 Å². The topological polar surface area (TPSA) is 35.0 Å². The second-order valence-corrected chi connectivity index (χ2v) is 9.26. The molecule has 1 aromatic heterocycles. The van der Waals surface area contributed by atoms with Crippen molar-refractivity contribution in [1.29, 1.82) is 0 Å². The molecule has 4 heteroatoms. The Morgan fingerprint density at radius 3 is 1.91 bits per heavy atom. The average Bonchev–Trinajstić information content (AvgIpc) is 2.83. The Morgan fingerprint density at radius 2 is 1.30 bits per heavy atom. The molecular weight excluding hydrogens is 411 g/mol. The van der Waals surface area contributed by atoms with E-state index in [2.05, 4.69) is 23.8 Å². The maximum Gasteiger partial charge on any atom is 0.235 e. The standard InChI is InChI=1S/C29H45FN2O/c1-3-5-7-9-10-11-12-13-14-16-22-33-27-20-18-25(19-21-27)23-28-29(30)32-26(24-31-28)17-15-8-6-4-2/h18-21,24H,3-17,22-23H2,1-2H3. The molecule has 0 aliphatic carbocycles. The number of halogens is 1. The highest BCUT2D eigenvalue weighted by atomic mass is 19.1. The molecular formula is C29H45FN2O. The molecule has 0 saturated carbocycles. The molecule has 0 atom stereocenters. The zero-order valence-corrected chi connectivity index (χ0v) is 21.1. The zero-order valence-electron chi connectivity index (χ0n) is 21.1. The number of aryl methyl sites for hydroxylation is 1. The van der Waals surface area contributed by atoms with Gasteiger partial charge in [0.1, 0.15) is 5.75 Å². The number of nitrogens with zero attached hydrogens (tertiary/aromatic N) is 2. The normalized spacial score (nSPS) is 11.1. The van der Waals surface area contributed by atoms with Crippen LogP contribution in [0.3, 0.4) is 0 Å². The first-order valence-electron chi connectivity index (χ1n) is 13.4. The molecule has 0 aliphatic heterocycles. The monoisotopic (exact) mass is 456 g/mol. The van der Waals surface area contributed by atoms with E-state index in [0.29, 0.717) is 12.1 Å². The second kappa shape index (κ2) is 17.5. The average molecular weight is 457 g/mol. The van der Waals surface area contributed by atoms with E-state index >= 15 is 0 Å². The fourth-order valence-corrected chi connectivity index (χ4v) is 4.07. The number of rotatable bonds is 19. The van der Waals surface area contributed by atoms with Gasteiger partial charge in [0, 0.05) is 12.6 Å². The number of unbranched alkanes of at least 4 members (excludes halogenated alkanes) is 12. The number of benzene rings is 1. The van der Waals surface area contributed by atoms with Crippen LogP contribution in [-0.4, -0.2) is 16.6 Å². The molecule has 0 aliphatic rings. The predicted molar refractivity (Wildman–Crippen MR) is 136 cm³/mol. The van der Waals surface area contributed by atoms with Crippen LogP contribution in [0.15, 0.2) is 30.5 Å². The summed E-state index contributed by atoms with van der Waals surface area (Å²) in [6, 6.07) is 7.93. The lowest BCUT2D eigenvalue weighted by Gasteiger charge is -2.08. The summed E-state index contributed by atoms with van der Waals surface area (Å²) in [6.07, 6.45) is 20.9. The molecule has 0 spiro atoms. The van der Waals surface area contributed by atoms with Gasteiger partial charge < -0.3 is 4.74 Å². The van der Waals surface area contributed by atoms with Gasteiger partial charge in [-0.3, -0.25) is 4.98 Å². The fraction of sp³-hybridized carbons (Fsp3) is 0.655. The third-order valence-electron chi connectivity index (χ3n) is 6.20. The molecule has 0 radical (unpaired) electrons. The van der Waals surface area contributed by atoms with Crippen LogP contribution in [0.5, 0.6) is 5.75 Å². The van der Waals surface area contributed by atoms with Gasteiger partial charge >= 0.3 is 0 Å². The Balaban J connectivity index is 1.61. The highest BCUT2D eigenvalue weighted by Crippen LogP contribution is 2.17. The summed E-state index contributed by atoms with van der Waals surface area (Å²) in [5.41, 5.74) is 2.18. The fourth-order valence-electron chi connectivity index (χ4n) is 4.07. The Hall–Kier alpha value is -1.97. The van der Waals surface area contributed by atoms with Crippen LogP contribution in [0, 0.1) is 5.95 Å². The molecule has 1 heterocycles. The third-order valence-corrected chi connectivity index (χ3v) is 6.20. The lowest BCUT2D eigenvalue weighted by Crippen LogP contribution is -2.03. The molecule has 184 valence electrons. The summed E-state index contributed by atoms with van der Waals surface area (Å²) < 4.78 is 20.3. The summed E-state index contributed by atoms with van der Waals surface area (Å²) >= 11 is 0. The van der Waals surface area contributed by atoms with E-state index in [1.54, 1.807) is 6.20 Å². The van der Waals surface area contributed by atoms with Crippen LogP contribution >= 0.6 is 0 Å². The van der Waals surface area contributed by atoms with Crippen LogP contribution in [0.4, 0.5) is 4.39 Å². The van der Waals surface area contributed by atoms with Gasteiger partial charge in [0.05, 0.1) is 18.0 Å². The van der Waals surface area contributed by atoms with Crippen molar-refractivity contribution >= 4 is 0 Å². The summed E-state index contributed by atoms with van der Waals surface area (Å²) in [7, 11) is 0. The van der Waals surface area contributed by atoms with E-state index in [0.717, 1.165) is 49.3 Å². The number of aromatic nitrogens is 2. The minimum atomic E-state index is -0.440. The van der Waals surface area contributed by atoms with Gasteiger partial charge in [0.25, 0.3) is 0 Å². The highest BCUT2D eigenvalue weighted by molar-refractivity contribution is 5.29. The van der Waals surface area contributed by atoms with Crippen LogP contribution in [0.1, 0.15) is 121 Å². The van der Waals surface area contributed by atoms with Crippen molar-refractivity contribution in [2.45, 2.75) is 117 Å². The van der Waals surface area contributed by atoms with Crippen LogP contribution < -0.4 is 4.74 Å². The van der Waals surface area contributed by atoms with Crippen molar-refractivity contribution in [1.82, 2.24) is 9.97 Å². The molecule has 2 aromatic rings. The van der Waals surface area contributed by atoms with Gasteiger partial charge in [-0.1, -0.05) is 103 Å². The smallest absolute Gasteiger partial charge is 0.235 e. The van der Waals surface area contributed by atoms with Gasteiger partial charge in [-0.05, 0) is 37.0 Å². The SMILES string of the molecule is CCCCCCCCCCCCOc1ccc(Cc2ncc(CCCCCC)nc2F)cc1. The van der Waals surface area contributed by atoms with Gasteiger partial charge in [-0.2, -0.15) is 4.39 Å². The third kappa shape index (κ3) is 12.2. The summed E-state index contributed by atoms with van der Waals surface area (Å²) in [6.45, 7) is 5.21. The molecule has 2 rings (SSSR count). The molecule has 33 heavy (non-hydrogen) atoms. The first-order chi connectivity index (χ1) is 16.2. The van der Waals surface area contributed by atoms with Gasteiger partial charge in [0.2, 0.25) is 5.95 Å². The Bertz CT molecular complexity index is 748. The van der Waals surface area contributed by atoms with Gasteiger partial charge in [-0.25, -0.2) is 4.98 Å². The molecule has 0 bridgehead atoms. The second-order valence-electron chi connectivity index (χ2n) is 9.26. The summed E-state index contributed by atoms with van der Waals surface area (Å²) in [5.74, 6) is 0.438. The molecule has 1 aromatic carbocycles. The number of hydrogen-bond donors (Lipinski definition) is 0. The molecule has 0 N–H and O–H groups in total. The Morgan fingerprint density at radius 1 is 0.727 bits per heavy atom. The van der Waals surface area contributed by atoms with E-state index in [-0.39, 0.29) is 0 Å². The molecule has 0 fully saturated rings. The first-order valence-corrected chi connectivity index (χ1v) is 13.4. The summed E-state index contributed by atoms with van der Waals surface area (Å²) in [4.78, 5) is 8.46.